The van der Waals surface area contributed by atoms with Crippen molar-refractivity contribution in [2.24, 2.45) is 5.92 Å². The van der Waals surface area contributed by atoms with Crippen LogP contribution in [0.2, 0.25) is 0 Å². The van der Waals surface area contributed by atoms with E-state index in [1.54, 1.807) is 24.3 Å². The molecule has 0 spiro atoms. The predicted molar refractivity (Wildman–Crippen MR) is 74.6 cm³/mol. The average molecular weight is 292 g/mol. The summed E-state index contributed by atoms with van der Waals surface area (Å²) in [7, 11) is 3.80. The Labute approximate surface area is 122 Å². The molecule has 0 aliphatic carbocycles. The van der Waals surface area contributed by atoms with Gasteiger partial charge in [0.15, 0.2) is 5.92 Å². The highest BCUT2D eigenvalue weighted by Gasteiger charge is 2.32. The summed E-state index contributed by atoms with van der Waals surface area (Å²) in [6, 6.07) is 6.76. The first-order chi connectivity index (χ1) is 10.1. The number of carbonyl (C=O) groups is 3. The van der Waals surface area contributed by atoms with Gasteiger partial charge in [-0.3, -0.25) is 14.4 Å². The zero-order valence-electron chi connectivity index (χ0n) is 12.0. The van der Waals surface area contributed by atoms with Crippen LogP contribution in [0.15, 0.2) is 29.8 Å². The Kier molecular flexibility index (Phi) is 6.13. The van der Waals surface area contributed by atoms with Crippen molar-refractivity contribution in [3.8, 4) is 5.75 Å². The summed E-state index contributed by atoms with van der Waals surface area (Å²) in [6.45, 7) is 0. The fraction of sp³-hybridized carbons (Fsp3) is 0.267. The molecule has 6 heteroatoms. The molecule has 0 amide bonds. The van der Waals surface area contributed by atoms with Crippen LogP contribution in [-0.2, 0) is 23.9 Å². The Morgan fingerprint density at radius 2 is 1.52 bits per heavy atom. The quantitative estimate of drug-likeness (QED) is 0.340. The third-order valence-corrected chi connectivity index (χ3v) is 2.79. The standard InChI is InChI=1S/C15H16O6/c1-19-12-6-4-10(5-7-12)8-11(9-16)13(14(17)20-2)15(18)21-3/h4-9,13H,1-3H3/b11-8-. The minimum atomic E-state index is -1.40. The number of benzene rings is 1. The fourth-order valence-electron chi connectivity index (χ4n) is 1.68. The van der Waals surface area contributed by atoms with E-state index >= 15 is 0 Å². The number of rotatable bonds is 6. The summed E-state index contributed by atoms with van der Waals surface area (Å²) in [6.07, 6.45) is 1.85. The second-order valence-electron chi connectivity index (χ2n) is 4.01. The smallest absolute Gasteiger partial charge is 0.324 e. The van der Waals surface area contributed by atoms with E-state index in [0.717, 1.165) is 14.2 Å². The van der Waals surface area contributed by atoms with Crippen molar-refractivity contribution < 1.29 is 28.6 Å². The molecule has 0 radical (unpaired) electrons. The maximum atomic E-state index is 11.7. The molecule has 0 aliphatic rings. The van der Waals surface area contributed by atoms with E-state index < -0.39 is 17.9 Å². The number of hydrogen-bond acceptors (Lipinski definition) is 6. The summed E-state index contributed by atoms with van der Waals surface area (Å²) in [5, 5.41) is 0. The van der Waals surface area contributed by atoms with E-state index in [-0.39, 0.29) is 5.57 Å². The van der Waals surface area contributed by atoms with Gasteiger partial charge in [-0.25, -0.2) is 0 Å². The van der Waals surface area contributed by atoms with Crippen LogP contribution in [0.4, 0.5) is 0 Å². The molecule has 1 aromatic carbocycles. The van der Waals surface area contributed by atoms with Crippen LogP contribution in [0.25, 0.3) is 6.08 Å². The SMILES string of the molecule is COC(=O)C(C(=O)OC)/C(C=O)=C\c1ccc(OC)cc1. The highest BCUT2D eigenvalue weighted by atomic mass is 16.5. The molecule has 112 valence electrons. The highest BCUT2D eigenvalue weighted by molar-refractivity contribution is 6.05. The number of carbonyl (C=O) groups excluding carboxylic acids is 3. The number of hydrogen-bond donors (Lipinski definition) is 0. The minimum Gasteiger partial charge on any atom is -0.497 e. The van der Waals surface area contributed by atoms with Gasteiger partial charge in [-0.05, 0) is 23.8 Å². The van der Waals surface area contributed by atoms with E-state index in [9.17, 15) is 14.4 Å². The van der Waals surface area contributed by atoms with Crippen molar-refractivity contribution in [2.75, 3.05) is 21.3 Å². The first kappa shape index (κ1) is 16.4. The number of methoxy groups -OCH3 is 3. The lowest BCUT2D eigenvalue weighted by atomic mass is 9.98. The van der Waals surface area contributed by atoms with Crippen molar-refractivity contribution in [3.05, 3.63) is 35.4 Å². The maximum Gasteiger partial charge on any atom is 0.324 e. The average Bonchev–Trinajstić information content (AvgIpc) is 2.54. The van der Waals surface area contributed by atoms with Gasteiger partial charge in [-0.1, -0.05) is 12.1 Å². The van der Waals surface area contributed by atoms with Crippen LogP contribution in [-0.4, -0.2) is 39.6 Å². The highest BCUT2D eigenvalue weighted by Crippen LogP contribution is 2.19. The molecule has 1 rings (SSSR count). The first-order valence-corrected chi connectivity index (χ1v) is 6.03. The van der Waals surface area contributed by atoms with Gasteiger partial charge in [0.05, 0.1) is 21.3 Å². The molecule has 0 aromatic heterocycles. The summed E-state index contributed by atoms with van der Waals surface area (Å²) in [5.74, 6) is -2.46. The maximum absolute atomic E-state index is 11.7. The lowest BCUT2D eigenvalue weighted by molar-refractivity contribution is -0.157. The van der Waals surface area contributed by atoms with Crippen molar-refractivity contribution in [3.63, 3.8) is 0 Å². The molecule has 0 fully saturated rings. The van der Waals surface area contributed by atoms with Gasteiger partial charge in [0.2, 0.25) is 0 Å². The minimum absolute atomic E-state index is 0.0427. The number of ether oxygens (including phenoxy) is 3. The van der Waals surface area contributed by atoms with Gasteiger partial charge >= 0.3 is 11.9 Å². The van der Waals surface area contributed by atoms with Gasteiger partial charge in [0.1, 0.15) is 12.0 Å². The first-order valence-electron chi connectivity index (χ1n) is 6.03. The second kappa shape index (κ2) is 7.84. The molecular formula is C15H16O6. The third-order valence-electron chi connectivity index (χ3n) is 2.79. The zero-order valence-corrected chi connectivity index (χ0v) is 12.0. The summed E-state index contributed by atoms with van der Waals surface area (Å²) < 4.78 is 14.1. The molecular weight excluding hydrogens is 276 g/mol. The molecule has 0 unspecified atom stereocenters. The van der Waals surface area contributed by atoms with E-state index in [4.69, 9.17) is 4.74 Å². The molecule has 0 N–H and O–H groups in total. The van der Waals surface area contributed by atoms with Crippen molar-refractivity contribution in [2.45, 2.75) is 0 Å². The van der Waals surface area contributed by atoms with Crippen LogP contribution in [0.1, 0.15) is 5.56 Å². The van der Waals surface area contributed by atoms with Crippen LogP contribution in [0.3, 0.4) is 0 Å². The Morgan fingerprint density at radius 3 is 1.90 bits per heavy atom. The number of esters is 2. The Bertz CT molecular complexity index is 528. The summed E-state index contributed by atoms with van der Waals surface area (Å²) in [5.41, 5.74) is 0.592. The van der Waals surface area contributed by atoms with Crippen molar-refractivity contribution in [1.29, 1.82) is 0 Å². The van der Waals surface area contributed by atoms with E-state index in [0.29, 0.717) is 17.6 Å². The molecule has 21 heavy (non-hydrogen) atoms. The van der Waals surface area contributed by atoms with Crippen molar-refractivity contribution >= 4 is 24.3 Å². The van der Waals surface area contributed by atoms with E-state index in [1.807, 2.05) is 0 Å². The topological polar surface area (TPSA) is 78.9 Å². The largest absolute Gasteiger partial charge is 0.497 e. The van der Waals surface area contributed by atoms with Crippen LogP contribution >= 0.6 is 0 Å². The normalized spacial score (nSPS) is 11.0. The summed E-state index contributed by atoms with van der Waals surface area (Å²) in [4.78, 5) is 34.5. The van der Waals surface area contributed by atoms with Crippen LogP contribution in [0.5, 0.6) is 5.75 Å². The monoisotopic (exact) mass is 292 g/mol. The van der Waals surface area contributed by atoms with E-state index in [1.165, 1.54) is 13.2 Å². The van der Waals surface area contributed by atoms with Gasteiger partial charge in [0, 0.05) is 5.57 Å². The molecule has 6 nitrogen and oxygen atoms in total. The Balaban J connectivity index is 3.16. The Hall–Kier alpha value is -2.63. The molecule has 0 saturated carbocycles. The predicted octanol–water partition coefficient (Wildman–Crippen LogP) is 1.24. The number of aldehydes is 1. The molecule has 0 heterocycles. The molecule has 0 atom stereocenters. The fourth-order valence-corrected chi connectivity index (χ4v) is 1.68. The van der Waals surface area contributed by atoms with Gasteiger partial charge in [-0.2, -0.15) is 0 Å². The van der Waals surface area contributed by atoms with Gasteiger partial charge in [-0.15, -0.1) is 0 Å². The van der Waals surface area contributed by atoms with Gasteiger partial charge < -0.3 is 14.2 Å². The van der Waals surface area contributed by atoms with Gasteiger partial charge in [0.25, 0.3) is 0 Å². The van der Waals surface area contributed by atoms with E-state index in [2.05, 4.69) is 9.47 Å². The third kappa shape index (κ3) is 4.17. The molecule has 0 saturated heterocycles. The summed E-state index contributed by atoms with van der Waals surface area (Å²) >= 11 is 0. The Morgan fingerprint density at radius 1 is 1.00 bits per heavy atom. The zero-order chi connectivity index (χ0) is 15.8. The molecule has 0 aliphatic heterocycles. The lowest BCUT2D eigenvalue weighted by Gasteiger charge is -2.12. The molecule has 1 aromatic rings. The molecule has 0 bridgehead atoms. The lowest BCUT2D eigenvalue weighted by Crippen LogP contribution is -2.28. The van der Waals surface area contributed by atoms with Crippen LogP contribution in [0, 0.1) is 5.92 Å². The second-order valence-corrected chi connectivity index (χ2v) is 4.01. The van der Waals surface area contributed by atoms with Crippen LogP contribution < -0.4 is 4.74 Å². The van der Waals surface area contributed by atoms with Crippen molar-refractivity contribution in [1.82, 2.24) is 0 Å².